The maximum Gasteiger partial charge on any atom is 0.356 e. The highest BCUT2D eigenvalue weighted by atomic mass is 16.4. The standard InChI is InChI=1S/C12H18N2O2/c1-8(2)14-10-7-5-3-4-6-9(10)11(13-14)12(15)16/h8H,3-7H2,1-2H3,(H,15,16). The summed E-state index contributed by atoms with van der Waals surface area (Å²) in [5, 5.41) is 13.4. The van der Waals surface area contributed by atoms with Gasteiger partial charge in [0.25, 0.3) is 0 Å². The van der Waals surface area contributed by atoms with Crippen molar-refractivity contribution >= 4 is 5.97 Å². The molecule has 0 spiro atoms. The van der Waals surface area contributed by atoms with Crippen LogP contribution in [0.15, 0.2) is 0 Å². The molecule has 1 heterocycles. The molecule has 1 aliphatic carbocycles. The molecule has 4 heteroatoms. The van der Waals surface area contributed by atoms with Crippen molar-refractivity contribution < 1.29 is 9.90 Å². The lowest BCUT2D eigenvalue weighted by Gasteiger charge is -2.10. The van der Waals surface area contributed by atoms with Crippen LogP contribution in [0.3, 0.4) is 0 Å². The van der Waals surface area contributed by atoms with E-state index in [0.717, 1.165) is 36.9 Å². The van der Waals surface area contributed by atoms with E-state index < -0.39 is 5.97 Å². The molecule has 1 aromatic rings. The van der Waals surface area contributed by atoms with Gasteiger partial charge in [0.05, 0.1) is 0 Å². The van der Waals surface area contributed by atoms with Crippen molar-refractivity contribution in [2.45, 2.75) is 52.0 Å². The topological polar surface area (TPSA) is 55.1 Å². The lowest BCUT2D eigenvalue weighted by molar-refractivity contribution is 0.0688. The Labute approximate surface area is 95.3 Å². The molecule has 0 amide bonds. The molecule has 0 fully saturated rings. The van der Waals surface area contributed by atoms with Crippen molar-refractivity contribution in [2.75, 3.05) is 0 Å². The van der Waals surface area contributed by atoms with E-state index in [4.69, 9.17) is 5.11 Å². The highest BCUT2D eigenvalue weighted by molar-refractivity contribution is 5.87. The third kappa shape index (κ3) is 1.84. The van der Waals surface area contributed by atoms with E-state index in [1.165, 1.54) is 6.42 Å². The summed E-state index contributed by atoms with van der Waals surface area (Å²) in [6, 6.07) is 0.236. The zero-order valence-corrected chi connectivity index (χ0v) is 9.86. The van der Waals surface area contributed by atoms with Gasteiger partial charge in [0.2, 0.25) is 0 Å². The van der Waals surface area contributed by atoms with Crippen LogP contribution in [0.4, 0.5) is 0 Å². The van der Waals surface area contributed by atoms with E-state index in [2.05, 4.69) is 5.10 Å². The average Bonchev–Trinajstić information content (AvgIpc) is 2.41. The molecule has 4 nitrogen and oxygen atoms in total. The molecule has 2 rings (SSSR count). The van der Waals surface area contributed by atoms with Crippen molar-refractivity contribution in [3.05, 3.63) is 17.0 Å². The lowest BCUT2D eigenvalue weighted by atomic mass is 10.1. The number of carboxylic acid groups (broad SMARTS) is 1. The summed E-state index contributed by atoms with van der Waals surface area (Å²) in [7, 11) is 0. The molecule has 1 aliphatic rings. The van der Waals surface area contributed by atoms with Crippen molar-refractivity contribution in [3.8, 4) is 0 Å². The van der Waals surface area contributed by atoms with Crippen LogP contribution in [-0.4, -0.2) is 20.9 Å². The molecule has 0 bridgehead atoms. The van der Waals surface area contributed by atoms with Gasteiger partial charge in [-0.25, -0.2) is 4.79 Å². The van der Waals surface area contributed by atoms with Gasteiger partial charge < -0.3 is 5.11 Å². The Balaban J connectivity index is 2.53. The first-order valence-corrected chi connectivity index (χ1v) is 5.94. The van der Waals surface area contributed by atoms with E-state index in [-0.39, 0.29) is 11.7 Å². The average molecular weight is 222 g/mol. The maximum absolute atomic E-state index is 11.1. The van der Waals surface area contributed by atoms with Crippen LogP contribution in [0.5, 0.6) is 0 Å². The predicted molar refractivity (Wildman–Crippen MR) is 60.8 cm³/mol. The van der Waals surface area contributed by atoms with E-state index in [1.807, 2.05) is 18.5 Å². The SMILES string of the molecule is CC(C)n1nc(C(=O)O)c2c1CCCCC2. The summed E-state index contributed by atoms with van der Waals surface area (Å²) < 4.78 is 1.89. The van der Waals surface area contributed by atoms with Crippen molar-refractivity contribution in [3.63, 3.8) is 0 Å². The number of hydrogen-bond donors (Lipinski definition) is 1. The fourth-order valence-corrected chi connectivity index (χ4v) is 2.40. The lowest BCUT2D eigenvalue weighted by Crippen LogP contribution is -2.08. The van der Waals surface area contributed by atoms with Crippen LogP contribution >= 0.6 is 0 Å². The molecular weight excluding hydrogens is 204 g/mol. The molecule has 1 aromatic heterocycles. The minimum absolute atomic E-state index is 0.236. The second kappa shape index (κ2) is 4.28. The zero-order chi connectivity index (χ0) is 11.7. The number of carboxylic acids is 1. The Morgan fingerprint density at radius 2 is 2.00 bits per heavy atom. The molecule has 0 aliphatic heterocycles. The largest absolute Gasteiger partial charge is 0.476 e. The van der Waals surface area contributed by atoms with Gasteiger partial charge in [-0.1, -0.05) is 6.42 Å². The molecule has 0 aromatic carbocycles. The zero-order valence-electron chi connectivity index (χ0n) is 9.86. The van der Waals surface area contributed by atoms with Gasteiger partial charge in [0.1, 0.15) is 0 Å². The van der Waals surface area contributed by atoms with Crippen LogP contribution in [0.25, 0.3) is 0 Å². The summed E-state index contributed by atoms with van der Waals surface area (Å²) in [5.41, 5.74) is 2.38. The molecule has 0 atom stereocenters. The Morgan fingerprint density at radius 1 is 1.31 bits per heavy atom. The fourth-order valence-electron chi connectivity index (χ4n) is 2.40. The Hall–Kier alpha value is -1.32. The quantitative estimate of drug-likeness (QED) is 0.782. The van der Waals surface area contributed by atoms with E-state index >= 15 is 0 Å². The van der Waals surface area contributed by atoms with Gasteiger partial charge in [-0.05, 0) is 39.5 Å². The number of hydrogen-bond acceptors (Lipinski definition) is 2. The van der Waals surface area contributed by atoms with Gasteiger partial charge in [0.15, 0.2) is 5.69 Å². The molecule has 1 N–H and O–H groups in total. The fraction of sp³-hybridized carbons (Fsp3) is 0.667. The van der Waals surface area contributed by atoms with Crippen molar-refractivity contribution in [1.82, 2.24) is 9.78 Å². The predicted octanol–water partition coefficient (Wildman–Crippen LogP) is 2.43. The molecule has 88 valence electrons. The van der Waals surface area contributed by atoms with E-state index in [1.54, 1.807) is 0 Å². The molecule has 16 heavy (non-hydrogen) atoms. The first kappa shape index (κ1) is 11.2. The van der Waals surface area contributed by atoms with Crippen LogP contribution in [0.1, 0.15) is 60.9 Å². The number of aromatic carboxylic acids is 1. The highest BCUT2D eigenvalue weighted by Crippen LogP contribution is 2.26. The van der Waals surface area contributed by atoms with Crippen LogP contribution < -0.4 is 0 Å². The number of rotatable bonds is 2. The second-order valence-corrected chi connectivity index (χ2v) is 4.68. The van der Waals surface area contributed by atoms with Crippen molar-refractivity contribution in [2.24, 2.45) is 0 Å². The smallest absolute Gasteiger partial charge is 0.356 e. The summed E-state index contributed by atoms with van der Waals surface area (Å²) in [4.78, 5) is 11.1. The first-order chi connectivity index (χ1) is 7.61. The van der Waals surface area contributed by atoms with Crippen molar-refractivity contribution in [1.29, 1.82) is 0 Å². The highest BCUT2D eigenvalue weighted by Gasteiger charge is 2.24. The molecular formula is C12H18N2O2. The van der Waals surface area contributed by atoms with Gasteiger partial charge in [-0.3, -0.25) is 4.68 Å². The van der Waals surface area contributed by atoms with Crippen LogP contribution in [0, 0.1) is 0 Å². The van der Waals surface area contributed by atoms with Gasteiger partial charge in [-0.15, -0.1) is 0 Å². The molecule has 0 radical (unpaired) electrons. The Kier molecular flexibility index (Phi) is 2.99. The Bertz CT molecular complexity index is 407. The second-order valence-electron chi connectivity index (χ2n) is 4.68. The first-order valence-electron chi connectivity index (χ1n) is 5.94. The summed E-state index contributed by atoms with van der Waals surface area (Å²) in [6.07, 6.45) is 5.24. The molecule has 0 saturated carbocycles. The van der Waals surface area contributed by atoms with Gasteiger partial charge in [0, 0.05) is 17.3 Å². The van der Waals surface area contributed by atoms with E-state index in [0.29, 0.717) is 0 Å². The van der Waals surface area contributed by atoms with Crippen LogP contribution in [-0.2, 0) is 12.8 Å². The maximum atomic E-state index is 11.1. The minimum atomic E-state index is -0.891. The number of aromatic nitrogens is 2. The summed E-state index contributed by atoms with van der Waals surface area (Å²) >= 11 is 0. The van der Waals surface area contributed by atoms with Gasteiger partial charge in [-0.2, -0.15) is 5.10 Å². The Morgan fingerprint density at radius 3 is 2.62 bits per heavy atom. The summed E-state index contributed by atoms with van der Waals surface area (Å²) in [5.74, 6) is -0.891. The number of fused-ring (bicyclic) bond motifs is 1. The third-order valence-electron chi connectivity index (χ3n) is 3.15. The van der Waals surface area contributed by atoms with E-state index in [9.17, 15) is 4.79 Å². The van der Waals surface area contributed by atoms with Gasteiger partial charge >= 0.3 is 5.97 Å². The third-order valence-corrected chi connectivity index (χ3v) is 3.15. The monoisotopic (exact) mass is 222 g/mol. The number of carbonyl (C=O) groups is 1. The normalized spacial score (nSPS) is 15.9. The molecule has 0 unspecified atom stereocenters. The van der Waals surface area contributed by atoms with Crippen LogP contribution in [0.2, 0.25) is 0 Å². The minimum Gasteiger partial charge on any atom is -0.476 e. The molecule has 0 saturated heterocycles. The summed E-state index contributed by atoms with van der Waals surface area (Å²) in [6.45, 7) is 4.09. The number of nitrogens with zero attached hydrogens (tertiary/aromatic N) is 2.